The zero-order valence-electron chi connectivity index (χ0n) is 15.4. The van der Waals surface area contributed by atoms with Gasteiger partial charge in [-0.1, -0.05) is 17.7 Å². The van der Waals surface area contributed by atoms with E-state index in [0.29, 0.717) is 23.6 Å². The van der Waals surface area contributed by atoms with Gasteiger partial charge in [-0.25, -0.2) is 18.9 Å². The first-order valence-electron chi connectivity index (χ1n) is 8.99. The lowest BCUT2D eigenvalue weighted by molar-refractivity contribution is 0.0950. The Bertz CT molecular complexity index is 1350. The fourth-order valence-electron chi connectivity index (χ4n) is 3.14. The maximum absolute atomic E-state index is 14.3. The summed E-state index contributed by atoms with van der Waals surface area (Å²) in [7, 11) is 0. The monoisotopic (exact) mass is 424 g/mol. The van der Waals surface area contributed by atoms with Crippen molar-refractivity contribution in [2.75, 3.05) is 0 Å². The second-order valence-electron chi connectivity index (χ2n) is 6.57. The number of imidazole rings is 1. The third kappa shape index (κ3) is 3.26. The first-order valence-corrected chi connectivity index (χ1v) is 9.37. The summed E-state index contributed by atoms with van der Waals surface area (Å²) >= 11 is 5.84. The third-order valence-corrected chi connectivity index (χ3v) is 4.86. The number of aromatic nitrogens is 7. The maximum Gasteiger partial charge on any atom is 0.254 e. The lowest BCUT2D eigenvalue weighted by Gasteiger charge is -2.03. The van der Waals surface area contributed by atoms with Gasteiger partial charge in [-0.05, 0) is 18.2 Å². The van der Waals surface area contributed by atoms with Gasteiger partial charge in [0.1, 0.15) is 12.1 Å². The van der Waals surface area contributed by atoms with Crippen LogP contribution in [0.15, 0.2) is 55.4 Å². The minimum atomic E-state index is -0.575. The predicted molar refractivity (Wildman–Crippen MR) is 106 cm³/mol. The first kappa shape index (κ1) is 18.3. The molecule has 0 saturated carbocycles. The van der Waals surface area contributed by atoms with E-state index in [0.717, 1.165) is 5.65 Å². The molecule has 5 rings (SSSR count). The van der Waals surface area contributed by atoms with Crippen molar-refractivity contribution < 1.29 is 9.18 Å². The normalized spacial score (nSPS) is 11.4. The van der Waals surface area contributed by atoms with Crippen molar-refractivity contribution in [3.63, 3.8) is 0 Å². The molecule has 0 aliphatic heterocycles. The van der Waals surface area contributed by atoms with Crippen molar-refractivity contribution in [1.82, 2.24) is 39.1 Å². The van der Waals surface area contributed by atoms with Crippen molar-refractivity contribution in [2.24, 2.45) is 0 Å². The molecule has 9 nitrogen and oxygen atoms in total. The summed E-state index contributed by atoms with van der Waals surface area (Å²) in [4.78, 5) is 21.0. The van der Waals surface area contributed by atoms with Gasteiger partial charge in [0.15, 0.2) is 17.3 Å². The quantitative estimate of drug-likeness (QED) is 0.467. The molecule has 0 spiro atoms. The number of nitrogens with one attached hydrogen (secondary N) is 1. The minimum Gasteiger partial charge on any atom is -0.346 e. The van der Waals surface area contributed by atoms with E-state index < -0.39 is 5.82 Å². The Morgan fingerprint density at radius 3 is 3.00 bits per heavy atom. The summed E-state index contributed by atoms with van der Waals surface area (Å²) in [5.41, 5.74) is 1.71. The molecule has 30 heavy (non-hydrogen) atoms. The van der Waals surface area contributed by atoms with Gasteiger partial charge in [-0.15, -0.1) is 5.10 Å². The third-order valence-electron chi connectivity index (χ3n) is 4.57. The maximum atomic E-state index is 14.3. The smallest absolute Gasteiger partial charge is 0.254 e. The van der Waals surface area contributed by atoms with Gasteiger partial charge in [0.2, 0.25) is 0 Å². The molecule has 5 aromatic heterocycles. The van der Waals surface area contributed by atoms with Crippen LogP contribution in [0.1, 0.15) is 21.9 Å². The summed E-state index contributed by atoms with van der Waals surface area (Å²) in [5.74, 6) is -0.352. The molecule has 0 fully saturated rings. The fraction of sp³-hybridized carbons (Fsp3) is 0.105. The van der Waals surface area contributed by atoms with Crippen molar-refractivity contribution in [1.29, 1.82) is 0 Å². The van der Waals surface area contributed by atoms with Gasteiger partial charge in [-0.3, -0.25) is 9.48 Å². The molecule has 0 atom stereocenters. The number of fused-ring (bicyclic) bond motifs is 2. The second-order valence-corrected chi connectivity index (χ2v) is 6.97. The predicted octanol–water partition coefficient (Wildman–Crippen LogP) is 2.34. The highest BCUT2D eigenvalue weighted by molar-refractivity contribution is 6.31. The van der Waals surface area contributed by atoms with Crippen LogP contribution in [0.2, 0.25) is 5.02 Å². The molecule has 0 unspecified atom stereocenters. The SMILES string of the molecule is O=C(NCc1ncn2ccc(Cl)c(F)c12)c1cnn(Cc2nc3ccccn3n2)c1. The number of carbonyl (C=O) groups is 1. The summed E-state index contributed by atoms with van der Waals surface area (Å²) in [5, 5.41) is 11.3. The van der Waals surface area contributed by atoms with Gasteiger partial charge >= 0.3 is 0 Å². The molecular weight excluding hydrogens is 411 g/mol. The van der Waals surface area contributed by atoms with Gasteiger partial charge in [0.05, 0.1) is 35.3 Å². The lowest BCUT2D eigenvalue weighted by Crippen LogP contribution is -2.22. The topological polar surface area (TPSA) is 94.4 Å². The van der Waals surface area contributed by atoms with Gasteiger partial charge in [0, 0.05) is 18.6 Å². The number of rotatable bonds is 5. The van der Waals surface area contributed by atoms with Crippen LogP contribution in [0.25, 0.3) is 11.2 Å². The number of nitrogens with zero attached hydrogens (tertiary/aromatic N) is 7. The second kappa shape index (κ2) is 7.23. The number of hydrogen-bond acceptors (Lipinski definition) is 5. The summed E-state index contributed by atoms with van der Waals surface area (Å²) in [6.45, 7) is 0.371. The van der Waals surface area contributed by atoms with Crippen LogP contribution in [0.5, 0.6) is 0 Å². The van der Waals surface area contributed by atoms with Crippen molar-refractivity contribution in [3.05, 3.63) is 83.3 Å². The van der Waals surface area contributed by atoms with Crippen molar-refractivity contribution in [3.8, 4) is 0 Å². The summed E-state index contributed by atoms with van der Waals surface area (Å²) in [6, 6.07) is 7.05. The molecular formula is C19H14ClFN8O. The van der Waals surface area contributed by atoms with E-state index in [2.05, 4.69) is 25.5 Å². The Kier molecular flexibility index (Phi) is 4.40. The van der Waals surface area contributed by atoms with Crippen LogP contribution in [0, 0.1) is 5.82 Å². The summed E-state index contributed by atoms with van der Waals surface area (Å²) in [6.07, 6.45) is 7.94. The number of halogens is 2. The van der Waals surface area contributed by atoms with E-state index >= 15 is 0 Å². The Labute approximate surface area is 173 Å². The van der Waals surface area contributed by atoms with E-state index in [1.54, 1.807) is 21.6 Å². The molecule has 0 aliphatic carbocycles. The van der Waals surface area contributed by atoms with Crippen LogP contribution in [0.3, 0.4) is 0 Å². The molecule has 0 aromatic carbocycles. The number of pyridine rings is 2. The van der Waals surface area contributed by atoms with Gasteiger partial charge in [-0.2, -0.15) is 5.10 Å². The van der Waals surface area contributed by atoms with Crippen LogP contribution in [0.4, 0.5) is 4.39 Å². The van der Waals surface area contributed by atoms with E-state index in [4.69, 9.17) is 11.6 Å². The van der Waals surface area contributed by atoms with E-state index in [-0.39, 0.29) is 23.0 Å². The number of carbonyl (C=O) groups excluding carboxylic acids is 1. The Morgan fingerprint density at radius 1 is 1.23 bits per heavy atom. The molecule has 0 saturated heterocycles. The molecule has 0 bridgehead atoms. The zero-order valence-corrected chi connectivity index (χ0v) is 16.2. The fourth-order valence-corrected chi connectivity index (χ4v) is 3.28. The van der Waals surface area contributed by atoms with Crippen molar-refractivity contribution >= 4 is 28.7 Å². The Hall–Kier alpha value is -3.79. The minimum absolute atomic E-state index is 0.00240. The highest BCUT2D eigenvalue weighted by atomic mass is 35.5. The largest absolute Gasteiger partial charge is 0.346 e. The highest BCUT2D eigenvalue weighted by Gasteiger charge is 2.15. The van der Waals surface area contributed by atoms with Crippen molar-refractivity contribution in [2.45, 2.75) is 13.1 Å². The molecule has 1 N–H and O–H groups in total. The standard InChI is InChI=1S/C19H14ClFN8O/c20-13-4-6-27-11-23-14(18(27)17(13)21)8-22-19(30)12-7-24-28(9-12)10-15-25-16-3-1-2-5-29(16)26-15/h1-7,9,11H,8,10H2,(H,22,30). The average molecular weight is 425 g/mol. The van der Waals surface area contributed by atoms with Crippen LogP contribution < -0.4 is 5.32 Å². The average Bonchev–Trinajstić information content (AvgIpc) is 3.47. The van der Waals surface area contributed by atoms with Crippen LogP contribution in [-0.2, 0) is 13.1 Å². The zero-order chi connectivity index (χ0) is 20.7. The molecule has 0 aliphatic rings. The number of hydrogen-bond donors (Lipinski definition) is 1. The molecule has 0 radical (unpaired) electrons. The van der Waals surface area contributed by atoms with E-state index in [1.807, 2.05) is 24.4 Å². The van der Waals surface area contributed by atoms with E-state index in [9.17, 15) is 9.18 Å². The van der Waals surface area contributed by atoms with E-state index in [1.165, 1.54) is 23.0 Å². The molecule has 5 heterocycles. The Balaban J connectivity index is 1.28. The van der Waals surface area contributed by atoms with Gasteiger partial charge in [0.25, 0.3) is 5.91 Å². The van der Waals surface area contributed by atoms with Crippen LogP contribution in [-0.4, -0.2) is 39.7 Å². The molecule has 11 heteroatoms. The van der Waals surface area contributed by atoms with Gasteiger partial charge < -0.3 is 9.72 Å². The lowest BCUT2D eigenvalue weighted by atomic mass is 10.3. The molecule has 5 aromatic rings. The van der Waals surface area contributed by atoms with Crippen LogP contribution >= 0.6 is 11.6 Å². The molecule has 1 amide bonds. The highest BCUT2D eigenvalue weighted by Crippen LogP contribution is 2.21. The molecule has 150 valence electrons. The number of amides is 1. The Morgan fingerprint density at radius 2 is 2.13 bits per heavy atom. The first-order chi connectivity index (χ1) is 14.6. The summed E-state index contributed by atoms with van der Waals surface area (Å²) < 4.78 is 19.1.